The zero-order chi connectivity index (χ0) is 18.0. The lowest BCUT2D eigenvalue weighted by Gasteiger charge is -2.12. The van der Waals surface area contributed by atoms with E-state index in [0.29, 0.717) is 18.3 Å². The molecule has 0 aliphatic heterocycles. The van der Waals surface area contributed by atoms with Crippen LogP contribution in [0.5, 0.6) is 0 Å². The molecular formula is C17H23N5O2S. The minimum absolute atomic E-state index is 0.123. The van der Waals surface area contributed by atoms with Gasteiger partial charge in [0.25, 0.3) is 0 Å². The number of aromatic nitrogens is 4. The van der Waals surface area contributed by atoms with Crippen molar-refractivity contribution < 1.29 is 9.32 Å². The van der Waals surface area contributed by atoms with Gasteiger partial charge >= 0.3 is 0 Å². The summed E-state index contributed by atoms with van der Waals surface area (Å²) in [4.78, 5) is 12.2. The van der Waals surface area contributed by atoms with E-state index in [1.807, 2.05) is 31.4 Å². The van der Waals surface area contributed by atoms with Crippen LogP contribution < -0.4 is 5.32 Å². The Hall–Kier alpha value is -2.09. The maximum Gasteiger partial charge on any atom is 0.237 e. The van der Waals surface area contributed by atoms with Crippen molar-refractivity contribution in [3.63, 3.8) is 0 Å². The normalized spacial score (nSPS) is 14.5. The van der Waals surface area contributed by atoms with E-state index in [4.69, 9.17) is 4.52 Å². The van der Waals surface area contributed by atoms with Crippen molar-refractivity contribution in [2.45, 2.75) is 56.6 Å². The number of nitrogens with zero attached hydrogens (tertiary/aromatic N) is 4. The Morgan fingerprint density at radius 2 is 2.24 bits per heavy atom. The molecule has 3 rings (SSSR count). The highest BCUT2D eigenvalue weighted by atomic mass is 32.2. The molecule has 2 heterocycles. The van der Waals surface area contributed by atoms with Crippen molar-refractivity contribution in [3.05, 3.63) is 30.2 Å². The summed E-state index contributed by atoms with van der Waals surface area (Å²) in [5, 5.41) is 16.0. The van der Waals surface area contributed by atoms with E-state index in [1.54, 1.807) is 6.07 Å². The summed E-state index contributed by atoms with van der Waals surface area (Å²) in [7, 11) is 0. The monoisotopic (exact) mass is 361 g/mol. The van der Waals surface area contributed by atoms with E-state index < -0.39 is 0 Å². The number of thioether (sulfide) groups is 1. The summed E-state index contributed by atoms with van der Waals surface area (Å²) >= 11 is 1.36. The topological polar surface area (TPSA) is 85.8 Å². The number of nitrogens with one attached hydrogen (secondary N) is 1. The van der Waals surface area contributed by atoms with Crippen LogP contribution >= 0.6 is 11.8 Å². The number of allylic oxidation sites excluding steroid dienone is 1. The molecule has 8 heteroatoms. The fourth-order valence-corrected chi connectivity index (χ4v) is 3.10. The van der Waals surface area contributed by atoms with Gasteiger partial charge in [-0.3, -0.25) is 10.1 Å². The van der Waals surface area contributed by atoms with Gasteiger partial charge in [0.15, 0.2) is 5.16 Å². The first kappa shape index (κ1) is 17.7. The average molecular weight is 361 g/mol. The highest BCUT2D eigenvalue weighted by Crippen LogP contribution is 2.40. The third-order valence-corrected chi connectivity index (χ3v) is 4.84. The molecule has 7 nitrogen and oxygen atoms in total. The molecule has 2 aromatic heterocycles. The maximum atomic E-state index is 12.2. The van der Waals surface area contributed by atoms with Gasteiger partial charge in [-0.05, 0) is 12.8 Å². The largest absolute Gasteiger partial charge is 0.338 e. The number of carbonyl (C=O) groups excluding carboxylic acids is 1. The summed E-state index contributed by atoms with van der Waals surface area (Å²) in [6.45, 7) is 10.6. The van der Waals surface area contributed by atoms with Crippen LogP contribution in [0.2, 0.25) is 0 Å². The fraction of sp³-hybridized carbons (Fsp3) is 0.529. The second-order valence-electron chi connectivity index (χ2n) is 7.18. The van der Waals surface area contributed by atoms with Gasteiger partial charge in [-0.2, -0.15) is 0 Å². The summed E-state index contributed by atoms with van der Waals surface area (Å²) in [6, 6.07) is 1.76. The molecule has 0 unspecified atom stereocenters. The van der Waals surface area contributed by atoms with Crippen molar-refractivity contribution in [2.75, 3.05) is 11.1 Å². The van der Waals surface area contributed by atoms with Gasteiger partial charge in [0.1, 0.15) is 5.82 Å². The van der Waals surface area contributed by atoms with Gasteiger partial charge in [-0.25, -0.2) is 0 Å². The Bertz CT molecular complexity index is 770. The molecule has 0 saturated heterocycles. The van der Waals surface area contributed by atoms with Crippen molar-refractivity contribution >= 4 is 23.6 Å². The zero-order valence-corrected chi connectivity index (χ0v) is 15.6. The highest BCUT2D eigenvalue weighted by Gasteiger charge is 2.30. The van der Waals surface area contributed by atoms with Crippen LogP contribution in [-0.2, 0) is 16.8 Å². The van der Waals surface area contributed by atoms with Crippen LogP contribution in [0.4, 0.5) is 5.88 Å². The van der Waals surface area contributed by atoms with E-state index in [0.717, 1.165) is 29.5 Å². The lowest BCUT2D eigenvalue weighted by molar-refractivity contribution is -0.113. The van der Waals surface area contributed by atoms with Gasteiger partial charge in [-0.1, -0.05) is 43.8 Å². The third-order valence-electron chi connectivity index (χ3n) is 3.87. The van der Waals surface area contributed by atoms with E-state index in [1.165, 1.54) is 11.8 Å². The van der Waals surface area contributed by atoms with Crippen LogP contribution in [0, 0.1) is 0 Å². The molecule has 1 saturated carbocycles. The molecule has 1 fully saturated rings. The summed E-state index contributed by atoms with van der Waals surface area (Å²) < 4.78 is 7.22. The van der Waals surface area contributed by atoms with Gasteiger partial charge in [0, 0.05) is 23.9 Å². The molecule has 134 valence electrons. The van der Waals surface area contributed by atoms with Crippen molar-refractivity contribution in [2.24, 2.45) is 0 Å². The van der Waals surface area contributed by atoms with E-state index in [2.05, 4.69) is 27.2 Å². The second-order valence-corrected chi connectivity index (χ2v) is 8.12. The summed E-state index contributed by atoms with van der Waals surface area (Å²) in [6.07, 6.45) is 4.13. The SMILES string of the molecule is C=CCn1c(SCC(=O)Nc2cc(C(C)(C)C)no2)nnc1C1CC1. The first-order valence-electron chi connectivity index (χ1n) is 8.32. The Kier molecular flexibility index (Phi) is 4.99. The molecule has 2 aromatic rings. The molecule has 25 heavy (non-hydrogen) atoms. The number of hydrogen-bond donors (Lipinski definition) is 1. The molecule has 1 aliphatic carbocycles. The van der Waals surface area contributed by atoms with Crippen LogP contribution in [0.25, 0.3) is 0 Å². The quantitative estimate of drug-likeness (QED) is 0.601. The predicted octanol–water partition coefficient (Wildman–Crippen LogP) is 3.36. The minimum Gasteiger partial charge on any atom is -0.338 e. The Morgan fingerprint density at radius 1 is 1.48 bits per heavy atom. The van der Waals surface area contributed by atoms with Gasteiger partial charge < -0.3 is 9.09 Å². The lowest BCUT2D eigenvalue weighted by atomic mass is 9.92. The van der Waals surface area contributed by atoms with Crippen LogP contribution in [-0.4, -0.2) is 31.6 Å². The number of amides is 1. The molecule has 1 amide bonds. The molecule has 1 aliphatic rings. The first-order chi connectivity index (χ1) is 11.9. The van der Waals surface area contributed by atoms with Crippen molar-refractivity contribution in [3.8, 4) is 0 Å². The van der Waals surface area contributed by atoms with Crippen molar-refractivity contribution in [1.82, 2.24) is 19.9 Å². The molecule has 1 N–H and O–H groups in total. The minimum atomic E-state index is -0.164. The van der Waals surface area contributed by atoms with Gasteiger partial charge in [-0.15, -0.1) is 16.8 Å². The molecule has 0 aromatic carbocycles. The Balaban J connectivity index is 1.59. The lowest BCUT2D eigenvalue weighted by Crippen LogP contribution is -2.14. The molecule has 0 spiro atoms. The molecule has 0 radical (unpaired) electrons. The van der Waals surface area contributed by atoms with E-state index in [9.17, 15) is 4.79 Å². The zero-order valence-electron chi connectivity index (χ0n) is 14.8. The average Bonchev–Trinajstić information content (AvgIpc) is 3.13. The number of rotatable bonds is 7. The third kappa shape index (κ3) is 4.31. The molecule has 0 bridgehead atoms. The first-order valence-corrected chi connectivity index (χ1v) is 9.31. The smallest absolute Gasteiger partial charge is 0.237 e. The fourth-order valence-electron chi connectivity index (χ4n) is 2.34. The van der Waals surface area contributed by atoms with Crippen LogP contribution in [0.1, 0.15) is 51.0 Å². The number of hydrogen-bond acceptors (Lipinski definition) is 6. The van der Waals surface area contributed by atoms with Gasteiger partial charge in [0.05, 0.1) is 11.4 Å². The number of carbonyl (C=O) groups is 1. The highest BCUT2D eigenvalue weighted by molar-refractivity contribution is 7.99. The van der Waals surface area contributed by atoms with Crippen LogP contribution in [0.15, 0.2) is 28.4 Å². The Morgan fingerprint density at radius 3 is 2.84 bits per heavy atom. The summed E-state index contributed by atoms with van der Waals surface area (Å²) in [5.41, 5.74) is 0.678. The maximum absolute atomic E-state index is 12.2. The standard InChI is InChI=1S/C17H23N5O2S/c1-5-8-22-15(11-6-7-11)19-20-16(22)25-10-13(23)18-14-9-12(21-24-14)17(2,3)4/h5,9,11H,1,6-8,10H2,2-4H3,(H,18,23). The Labute approximate surface area is 151 Å². The second kappa shape index (κ2) is 7.03. The molecule has 0 atom stereocenters. The van der Waals surface area contributed by atoms with E-state index in [-0.39, 0.29) is 17.1 Å². The predicted molar refractivity (Wildman–Crippen MR) is 96.8 cm³/mol. The van der Waals surface area contributed by atoms with Crippen LogP contribution in [0.3, 0.4) is 0 Å². The number of anilines is 1. The van der Waals surface area contributed by atoms with Crippen molar-refractivity contribution in [1.29, 1.82) is 0 Å². The van der Waals surface area contributed by atoms with E-state index >= 15 is 0 Å². The summed E-state index contributed by atoms with van der Waals surface area (Å²) in [5.74, 6) is 1.92. The van der Waals surface area contributed by atoms with Gasteiger partial charge in [0.2, 0.25) is 11.8 Å². The molecular weight excluding hydrogens is 338 g/mol.